The zero-order valence-corrected chi connectivity index (χ0v) is 11.0. The Morgan fingerprint density at radius 2 is 2.05 bits per heavy atom. The van der Waals surface area contributed by atoms with Gasteiger partial charge < -0.3 is 9.84 Å². The number of benzene rings is 1. The van der Waals surface area contributed by atoms with Gasteiger partial charge in [-0.05, 0) is 31.0 Å². The number of carboxylic acid groups (broad SMARTS) is 1. The van der Waals surface area contributed by atoms with Crippen molar-refractivity contribution in [3.63, 3.8) is 0 Å². The fourth-order valence-corrected chi connectivity index (χ4v) is 2.22. The van der Waals surface area contributed by atoms with Crippen molar-refractivity contribution >= 4 is 17.7 Å². The van der Waals surface area contributed by atoms with Crippen LogP contribution in [0.2, 0.25) is 0 Å². The molecule has 1 aromatic rings. The molecule has 1 aromatic carbocycles. The van der Waals surface area contributed by atoms with Crippen LogP contribution in [0.3, 0.4) is 0 Å². The Morgan fingerprint density at radius 1 is 1.42 bits per heavy atom. The van der Waals surface area contributed by atoms with Gasteiger partial charge >= 0.3 is 12.1 Å². The molecule has 0 bridgehead atoms. The summed E-state index contributed by atoms with van der Waals surface area (Å²) < 4.78 is 5.19. The van der Waals surface area contributed by atoms with E-state index in [0.29, 0.717) is 0 Å². The molecule has 0 aromatic heterocycles. The lowest BCUT2D eigenvalue weighted by molar-refractivity contribution is -0.140. The third-order valence-corrected chi connectivity index (χ3v) is 3.23. The van der Waals surface area contributed by atoms with Crippen LogP contribution in [0.25, 0.3) is 0 Å². The number of carbonyl (C=O) groups excluding carboxylic acids is 1. The van der Waals surface area contributed by atoms with E-state index in [-0.39, 0.29) is 13.0 Å². The van der Waals surface area contributed by atoms with Crippen molar-refractivity contribution in [3.05, 3.63) is 29.8 Å². The van der Waals surface area contributed by atoms with E-state index in [1.54, 1.807) is 6.92 Å². The first-order valence-corrected chi connectivity index (χ1v) is 6.25. The van der Waals surface area contributed by atoms with Crippen molar-refractivity contribution in [2.75, 3.05) is 11.4 Å². The maximum Gasteiger partial charge on any atom is 0.415 e. The van der Waals surface area contributed by atoms with Crippen LogP contribution >= 0.6 is 0 Å². The summed E-state index contributed by atoms with van der Waals surface area (Å²) in [6.45, 7) is 3.95. The molecule has 1 unspecified atom stereocenters. The van der Waals surface area contributed by atoms with E-state index in [2.05, 4.69) is 6.92 Å². The van der Waals surface area contributed by atoms with Gasteiger partial charge in [0, 0.05) is 5.69 Å². The van der Waals surface area contributed by atoms with E-state index in [0.717, 1.165) is 12.1 Å². The Bertz CT molecular complexity index is 497. The standard InChI is InChI=1S/C14H17NO4/c1-3-10-4-6-11(7-5-10)15-9-14(2,8-12(16)17)19-13(15)18/h4-7H,3,8-9H2,1-2H3,(H,16,17). The summed E-state index contributed by atoms with van der Waals surface area (Å²) in [4.78, 5) is 24.1. The van der Waals surface area contributed by atoms with Gasteiger partial charge in [0.15, 0.2) is 0 Å². The Morgan fingerprint density at radius 3 is 2.58 bits per heavy atom. The first kappa shape index (κ1) is 13.4. The van der Waals surface area contributed by atoms with Gasteiger partial charge in [-0.3, -0.25) is 9.69 Å². The molecule has 0 aliphatic carbocycles. The topological polar surface area (TPSA) is 66.8 Å². The average molecular weight is 263 g/mol. The van der Waals surface area contributed by atoms with Crippen molar-refractivity contribution in [1.29, 1.82) is 0 Å². The molecule has 1 N–H and O–H groups in total. The molecular weight excluding hydrogens is 246 g/mol. The number of hydrogen-bond acceptors (Lipinski definition) is 3. The molecule has 1 amide bonds. The number of carbonyl (C=O) groups is 2. The van der Waals surface area contributed by atoms with Crippen LogP contribution < -0.4 is 4.90 Å². The molecule has 1 atom stereocenters. The lowest BCUT2D eigenvalue weighted by Crippen LogP contribution is -2.33. The monoisotopic (exact) mass is 263 g/mol. The fourth-order valence-electron chi connectivity index (χ4n) is 2.22. The van der Waals surface area contributed by atoms with E-state index in [9.17, 15) is 9.59 Å². The van der Waals surface area contributed by atoms with Gasteiger partial charge in [0.25, 0.3) is 0 Å². The van der Waals surface area contributed by atoms with Crippen LogP contribution in [0, 0.1) is 0 Å². The molecule has 0 spiro atoms. The maximum absolute atomic E-state index is 11.8. The minimum absolute atomic E-state index is 0.192. The molecule has 2 rings (SSSR count). The molecule has 1 aliphatic heterocycles. The molecule has 5 heteroatoms. The van der Waals surface area contributed by atoms with Crippen LogP contribution in [0.5, 0.6) is 0 Å². The molecule has 102 valence electrons. The first-order chi connectivity index (χ1) is 8.93. The van der Waals surface area contributed by atoms with Crippen molar-refractivity contribution in [1.82, 2.24) is 0 Å². The SMILES string of the molecule is CCc1ccc(N2CC(C)(CC(=O)O)OC2=O)cc1. The Kier molecular flexibility index (Phi) is 3.46. The van der Waals surface area contributed by atoms with E-state index in [1.807, 2.05) is 24.3 Å². The van der Waals surface area contributed by atoms with Crippen LogP contribution in [0.1, 0.15) is 25.8 Å². The van der Waals surface area contributed by atoms with Gasteiger partial charge in [0.2, 0.25) is 0 Å². The van der Waals surface area contributed by atoms with Gasteiger partial charge in [-0.1, -0.05) is 19.1 Å². The minimum atomic E-state index is -0.974. The summed E-state index contributed by atoms with van der Waals surface area (Å²) in [5.74, 6) is -0.974. The summed E-state index contributed by atoms with van der Waals surface area (Å²) in [6.07, 6.45) is 0.247. The highest BCUT2D eigenvalue weighted by molar-refractivity contribution is 5.90. The van der Waals surface area contributed by atoms with E-state index in [1.165, 1.54) is 10.5 Å². The highest BCUT2D eigenvalue weighted by atomic mass is 16.6. The second kappa shape index (κ2) is 4.91. The molecule has 1 heterocycles. The lowest BCUT2D eigenvalue weighted by Gasteiger charge is -2.19. The molecule has 5 nitrogen and oxygen atoms in total. The molecule has 0 saturated carbocycles. The second-order valence-electron chi connectivity index (χ2n) is 4.99. The smallest absolute Gasteiger partial charge is 0.415 e. The van der Waals surface area contributed by atoms with Crippen molar-refractivity contribution < 1.29 is 19.4 Å². The molecule has 1 saturated heterocycles. The van der Waals surface area contributed by atoms with Crippen LogP contribution in [-0.2, 0) is 16.0 Å². The van der Waals surface area contributed by atoms with Gasteiger partial charge in [0.1, 0.15) is 5.60 Å². The zero-order chi connectivity index (χ0) is 14.0. The molecule has 1 aliphatic rings. The number of aliphatic carboxylic acids is 1. The second-order valence-corrected chi connectivity index (χ2v) is 4.99. The number of rotatable bonds is 4. The maximum atomic E-state index is 11.8. The molecule has 19 heavy (non-hydrogen) atoms. The van der Waals surface area contributed by atoms with Gasteiger partial charge in [0.05, 0.1) is 13.0 Å². The van der Waals surface area contributed by atoms with E-state index >= 15 is 0 Å². The number of hydrogen-bond donors (Lipinski definition) is 1. The summed E-state index contributed by atoms with van der Waals surface area (Å²) in [5.41, 5.74) is 0.952. The summed E-state index contributed by atoms with van der Waals surface area (Å²) in [5, 5.41) is 8.84. The predicted octanol–water partition coefficient (Wildman–Crippen LogP) is 2.44. The molecule has 1 fully saturated rings. The fraction of sp³-hybridized carbons (Fsp3) is 0.429. The summed E-state index contributed by atoms with van der Waals surface area (Å²) >= 11 is 0. The highest BCUT2D eigenvalue weighted by Crippen LogP contribution is 2.30. The lowest BCUT2D eigenvalue weighted by atomic mass is 10.0. The predicted molar refractivity (Wildman–Crippen MR) is 70.3 cm³/mol. The average Bonchev–Trinajstić information content (AvgIpc) is 2.63. The molecular formula is C14H17NO4. The number of carboxylic acids is 1. The number of aryl methyl sites for hydroxylation is 1. The molecule has 0 radical (unpaired) electrons. The number of nitrogens with zero attached hydrogens (tertiary/aromatic N) is 1. The Labute approximate surface area is 111 Å². The van der Waals surface area contributed by atoms with E-state index in [4.69, 9.17) is 9.84 Å². The Hall–Kier alpha value is -2.04. The van der Waals surface area contributed by atoms with Crippen molar-refractivity contribution in [2.45, 2.75) is 32.3 Å². The number of amides is 1. The third kappa shape index (κ3) is 2.86. The highest BCUT2D eigenvalue weighted by Gasteiger charge is 2.43. The minimum Gasteiger partial charge on any atom is -0.481 e. The van der Waals surface area contributed by atoms with Gasteiger partial charge in [-0.25, -0.2) is 4.79 Å². The Balaban J connectivity index is 2.17. The number of cyclic esters (lactones) is 1. The van der Waals surface area contributed by atoms with Crippen molar-refractivity contribution in [3.8, 4) is 0 Å². The zero-order valence-electron chi connectivity index (χ0n) is 11.0. The number of ether oxygens (including phenoxy) is 1. The van der Waals surface area contributed by atoms with Crippen LogP contribution in [-0.4, -0.2) is 29.3 Å². The van der Waals surface area contributed by atoms with Gasteiger partial charge in [-0.15, -0.1) is 0 Å². The van der Waals surface area contributed by atoms with E-state index < -0.39 is 17.7 Å². The van der Waals surface area contributed by atoms with Crippen LogP contribution in [0.15, 0.2) is 24.3 Å². The first-order valence-electron chi connectivity index (χ1n) is 6.25. The summed E-state index contributed by atoms with van der Waals surface area (Å²) in [7, 11) is 0. The quantitative estimate of drug-likeness (QED) is 0.906. The van der Waals surface area contributed by atoms with Gasteiger partial charge in [-0.2, -0.15) is 0 Å². The van der Waals surface area contributed by atoms with Crippen LogP contribution in [0.4, 0.5) is 10.5 Å². The third-order valence-electron chi connectivity index (χ3n) is 3.23. The normalized spacial score (nSPS) is 22.4. The summed E-state index contributed by atoms with van der Waals surface area (Å²) in [6, 6.07) is 7.62. The van der Waals surface area contributed by atoms with Crippen molar-refractivity contribution in [2.24, 2.45) is 0 Å². The number of anilines is 1. The largest absolute Gasteiger partial charge is 0.481 e.